The lowest BCUT2D eigenvalue weighted by atomic mass is 10.1. The van der Waals surface area contributed by atoms with Gasteiger partial charge in [-0.2, -0.15) is 0 Å². The van der Waals surface area contributed by atoms with E-state index in [0.717, 1.165) is 38.2 Å². The van der Waals surface area contributed by atoms with E-state index >= 15 is 0 Å². The Morgan fingerprint density at radius 3 is 3.00 bits per heavy atom. The van der Waals surface area contributed by atoms with E-state index in [9.17, 15) is 0 Å². The van der Waals surface area contributed by atoms with E-state index in [4.69, 9.17) is 10.5 Å². The highest BCUT2D eigenvalue weighted by atomic mass is 16.5. The van der Waals surface area contributed by atoms with Gasteiger partial charge in [0.05, 0.1) is 6.61 Å². The Balaban J connectivity index is 1.88. The van der Waals surface area contributed by atoms with Gasteiger partial charge < -0.3 is 10.5 Å². The van der Waals surface area contributed by atoms with Crippen LogP contribution in [0.1, 0.15) is 18.4 Å². The van der Waals surface area contributed by atoms with Crippen molar-refractivity contribution in [2.75, 3.05) is 26.2 Å². The van der Waals surface area contributed by atoms with Crippen LogP contribution in [0.5, 0.6) is 5.75 Å². The first-order valence-electron chi connectivity index (χ1n) is 6.67. The van der Waals surface area contributed by atoms with Crippen LogP contribution in [0.15, 0.2) is 36.4 Å². The molecule has 0 atom stereocenters. The van der Waals surface area contributed by atoms with E-state index in [0.29, 0.717) is 13.2 Å². The summed E-state index contributed by atoms with van der Waals surface area (Å²) in [6, 6.07) is 8.37. The highest BCUT2D eigenvalue weighted by molar-refractivity contribution is 5.28. The van der Waals surface area contributed by atoms with Crippen molar-refractivity contribution in [3.8, 4) is 5.75 Å². The zero-order valence-corrected chi connectivity index (χ0v) is 10.8. The molecule has 98 valence electrons. The Morgan fingerprint density at radius 2 is 2.22 bits per heavy atom. The Hall–Kier alpha value is -1.32. The molecule has 0 aliphatic carbocycles. The number of hydrogen-bond donors (Lipinski definition) is 1. The lowest BCUT2D eigenvalue weighted by Crippen LogP contribution is -2.26. The average Bonchev–Trinajstić information content (AvgIpc) is 2.41. The van der Waals surface area contributed by atoms with Gasteiger partial charge in [0.15, 0.2) is 0 Å². The Morgan fingerprint density at radius 1 is 1.28 bits per heavy atom. The summed E-state index contributed by atoms with van der Waals surface area (Å²) in [5.41, 5.74) is 6.77. The molecule has 0 radical (unpaired) electrons. The van der Waals surface area contributed by atoms with E-state index in [1.165, 1.54) is 5.56 Å². The zero-order chi connectivity index (χ0) is 12.6. The molecule has 3 nitrogen and oxygen atoms in total. The summed E-state index contributed by atoms with van der Waals surface area (Å²) in [5.74, 6) is 0.952. The topological polar surface area (TPSA) is 38.5 Å². The summed E-state index contributed by atoms with van der Waals surface area (Å²) < 4.78 is 5.66. The van der Waals surface area contributed by atoms with E-state index in [1.807, 2.05) is 6.07 Å². The van der Waals surface area contributed by atoms with Gasteiger partial charge in [0, 0.05) is 19.6 Å². The second-order valence-corrected chi connectivity index (χ2v) is 4.63. The van der Waals surface area contributed by atoms with Crippen LogP contribution >= 0.6 is 0 Å². The summed E-state index contributed by atoms with van der Waals surface area (Å²) in [5, 5.41) is 0. The quantitative estimate of drug-likeness (QED) is 0.617. The third-order valence-electron chi connectivity index (χ3n) is 3.06. The van der Waals surface area contributed by atoms with Gasteiger partial charge in [-0.15, -0.1) is 0 Å². The minimum absolute atomic E-state index is 0.680. The van der Waals surface area contributed by atoms with Crippen molar-refractivity contribution < 1.29 is 4.74 Å². The van der Waals surface area contributed by atoms with Crippen LogP contribution in [-0.4, -0.2) is 31.1 Å². The molecule has 1 aliphatic rings. The third-order valence-corrected chi connectivity index (χ3v) is 3.06. The van der Waals surface area contributed by atoms with Gasteiger partial charge in [-0.1, -0.05) is 24.3 Å². The van der Waals surface area contributed by atoms with Crippen molar-refractivity contribution in [1.29, 1.82) is 0 Å². The number of hydrogen-bond acceptors (Lipinski definition) is 3. The van der Waals surface area contributed by atoms with E-state index < -0.39 is 0 Å². The fraction of sp³-hybridized carbons (Fsp3) is 0.467. The minimum atomic E-state index is 0.680. The number of nitrogens with two attached hydrogens (primary N) is 1. The van der Waals surface area contributed by atoms with Gasteiger partial charge in [0.2, 0.25) is 0 Å². The largest absolute Gasteiger partial charge is 0.494 e. The van der Waals surface area contributed by atoms with E-state index in [2.05, 4.69) is 35.3 Å². The highest BCUT2D eigenvalue weighted by Gasteiger charge is 2.07. The van der Waals surface area contributed by atoms with E-state index in [1.54, 1.807) is 0 Å². The maximum Gasteiger partial charge on any atom is 0.119 e. The molecule has 2 N–H and O–H groups in total. The predicted octanol–water partition coefficient (Wildman–Crippen LogP) is 2.18. The molecule has 0 bridgehead atoms. The molecule has 0 saturated carbocycles. The number of benzene rings is 1. The first-order valence-corrected chi connectivity index (χ1v) is 6.67. The number of ether oxygens (including phenoxy) is 1. The maximum absolute atomic E-state index is 5.66. The molecule has 0 aromatic heterocycles. The second-order valence-electron chi connectivity index (χ2n) is 4.63. The Kier molecular flexibility index (Phi) is 5.24. The highest BCUT2D eigenvalue weighted by Crippen LogP contribution is 2.16. The fourth-order valence-corrected chi connectivity index (χ4v) is 2.10. The molecule has 1 aromatic carbocycles. The zero-order valence-electron chi connectivity index (χ0n) is 10.8. The molecule has 1 heterocycles. The summed E-state index contributed by atoms with van der Waals surface area (Å²) >= 11 is 0. The molecule has 0 unspecified atom stereocenters. The lowest BCUT2D eigenvalue weighted by molar-refractivity contribution is 0.288. The smallest absolute Gasteiger partial charge is 0.119 e. The van der Waals surface area contributed by atoms with Crippen molar-refractivity contribution in [2.24, 2.45) is 5.73 Å². The molecule has 3 heteroatoms. The summed E-state index contributed by atoms with van der Waals surface area (Å²) in [6.45, 7) is 4.58. The first kappa shape index (κ1) is 13.1. The summed E-state index contributed by atoms with van der Waals surface area (Å²) in [7, 11) is 0. The molecule has 0 amide bonds. The third kappa shape index (κ3) is 4.17. The standard InChI is InChI=1S/C15H22N2O/c16-8-5-11-18-15-7-4-6-14(12-15)13-17-9-2-1-3-10-17/h1-2,4,6-7,12H,3,5,8-11,13,16H2. The molecule has 18 heavy (non-hydrogen) atoms. The molecule has 0 fully saturated rings. The average molecular weight is 246 g/mol. The molecule has 1 aromatic rings. The van der Waals surface area contributed by atoms with Crippen molar-refractivity contribution in [1.82, 2.24) is 4.90 Å². The fourth-order valence-electron chi connectivity index (χ4n) is 2.10. The normalized spacial score (nSPS) is 15.8. The van der Waals surface area contributed by atoms with E-state index in [-0.39, 0.29) is 0 Å². The molecule has 0 spiro atoms. The Labute approximate surface area is 109 Å². The van der Waals surface area contributed by atoms with Crippen LogP contribution in [0, 0.1) is 0 Å². The van der Waals surface area contributed by atoms with Gasteiger partial charge in [-0.3, -0.25) is 4.90 Å². The maximum atomic E-state index is 5.66. The lowest BCUT2D eigenvalue weighted by Gasteiger charge is -2.23. The van der Waals surface area contributed by atoms with Crippen LogP contribution in [0.3, 0.4) is 0 Å². The number of nitrogens with zero attached hydrogens (tertiary/aromatic N) is 1. The van der Waals surface area contributed by atoms with Crippen LogP contribution < -0.4 is 10.5 Å². The van der Waals surface area contributed by atoms with Crippen LogP contribution in [0.25, 0.3) is 0 Å². The molecule has 1 aliphatic heterocycles. The monoisotopic (exact) mass is 246 g/mol. The molecule has 2 rings (SSSR count). The molecular weight excluding hydrogens is 224 g/mol. The van der Waals surface area contributed by atoms with Gasteiger partial charge in [0.1, 0.15) is 5.75 Å². The van der Waals surface area contributed by atoms with Crippen LogP contribution in [0.4, 0.5) is 0 Å². The minimum Gasteiger partial charge on any atom is -0.494 e. The second kappa shape index (κ2) is 7.19. The van der Waals surface area contributed by atoms with Crippen LogP contribution in [0.2, 0.25) is 0 Å². The first-order chi connectivity index (χ1) is 8.88. The Bertz CT molecular complexity index is 390. The van der Waals surface area contributed by atoms with Gasteiger partial charge in [-0.05, 0) is 37.1 Å². The number of rotatable bonds is 6. The predicted molar refractivity (Wildman–Crippen MR) is 74.6 cm³/mol. The van der Waals surface area contributed by atoms with Gasteiger partial charge >= 0.3 is 0 Å². The SMILES string of the molecule is NCCCOc1cccc(CN2CC=CCC2)c1. The van der Waals surface area contributed by atoms with Gasteiger partial charge in [0.25, 0.3) is 0 Å². The summed E-state index contributed by atoms with van der Waals surface area (Å²) in [6.07, 6.45) is 6.56. The van der Waals surface area contributed by atoms with Crippen molar-refractivity contribution in [3.63, 3.8) is 0 Å². The molecular formula is C15H22N2O. The molecule has 0 saturated heterocycles. The van der Waals surface area contributed by atoms with Crippen molar-refractivity contribution >= 4 is 0 Å². The van der Waals surface area contributed by atoms with Crippen molar-refractivity contribution in [2.45, 2.75) is 19.4 Å². The summed E-state index contributed by atoms with van der Waals surface area (Å²) in [4.78, 5) is 2.44. The van der Waals surface area contributed by atoms with Gasteiger partial charge in [-0.25, -0.2) is 0 Å². The van der Waals surface area contributed by atoms with Crippen molar-refractivity contribution in [3.05, 3.63) is 42.0 Å². The van der Waals surface area contributed by atoms with Crippen LogP contribution in [-0.2, 0) is 6.54 Å².